The average molecular weight is 400 g/mol. The van der Waals surface area contributed by atoms with Crippen molar-refractivity contribution in [3.63, 3.8) is 0 Å². The second-order valence-corrected chi connectivity index (χ2v) is 4.49. The van der Waals surface area contributed by atoms with Crippen LogP contribution in [0.1, 0.15) is 13.3 Å². The van der Waals surface area contributed by atoms with Crippen molar-refractivity contribution >= 4 is 29.9 Å². The molecule has 1 aliphatic rings. The summed E-state index contributed by atoms with van der Waals surface area (Å²) in [6.45, 7) is 10.2. The van der Waals surface area contributed by atoms with Gasteiger partial charge in [-0.3, -0.25) is 9.89 Å². The van der Waals surface area contributed by atoms with Gasteiger partial charge in [0.25, 0.3) is 0 Å². The molecule has 1 rings (SSSR count). The first-order valence-electron chi connectivity index (χ1n) is 7.18. The second-order valence-electron chi connectivity index (χ2n) is 4.49. The van der Waals surface area contributed by atoms with Gasteiger partial charge in [0.1, 0.15) is 0 Å². The summed E-state index contributed by atoms with van der Waals surface area (Å²) in [5.41, 5.74) is 0. The molecule has 0 atom stereocenters. The first-order chi connectivity index (χ1) is 9.36. The third-order valence-electron chi connectivity index (χ3n) is 2.94. The zero-order chi connectivity index (χ0) is 13.8. The van der Waals surface area contributed by atoms with E-state index in [2.05, 4.69) is 27.4 Å². The lowest BCUT2D eigenvalue weighted by atomic mass is 10.4. The van der Waals surface area contributed by atoms with Crippen LogP contribution in [0.3, 0.4) is 0 Å². The van der Waals surface area contributed by atoms with Crippen molar-refractivity contribution in [1.29, 1.82) is 0 Å². The van der Waals surface area contributed by atoms with Crippen molar-refractivity contribution in [2.45, 2.75) is 13.3 Å². The number of hydrogen-bond acceptors (Lipinski definition) is 4. The summed E-state index contributed by atoms with van der Waals surface area (Å²) in [7, 11) is 1.72. The van der Waals surface area contributed by atoms with E-state index in [-0.39, 0.29) is 24.0 Å². The first-order valence-corrected chi connectivity index (χ1v) is 7.18. The summed E-state index contributed by atoms with van der Waals surface area (Å²) in [6, 6.07) is 0. The molecule has 1 fully saturated rings. The van der Waals surface area contributed by atoms with Crippen molar-refractivity contribution in [3.05, 3.63) is 0 Å². The molecule has 0 radical (unpaired) electrons. The SMILES string of the molecule is CCNC(=NCCCOC)NCCN1CCOCC1.I. The second kappa shape index (κ2) is 13.8. The molecule has 0 aromatic heterocycles. The van der Waals surface area contributed by atoms with Crippen LogP contribution in [0.15, 0.2) is 4.99 Å². The molecular formula is C13H29IN4O2. The molecule has 120 valence electrons. The van der Waals surface area contributed by atoms with Crippen LogP contribution in [0, 0.1) is 0 Å². The molecule has 0 aromatic rings. The maximum Gasteiger partial charge on any atom is 0.191 e. The Balaban J connectivity index is 0.00000361. The molecule has 1 aliphatic heterocycles. The normalized spacial score (nSPS) is 16.6. The largest absolute Gasteiger partial charge is 0.385 e. The number of guanidine groups is 1. The van der Waals surface area contributed by atoms with Crippen molar-refractivity contribution < 1.29 is 9.47 Å². The fourth-order valence-corrected chi connectivity index (χ4v) is 1.90. The summed E-state index contributed by atoms with van der Waals surface area (Å²) >= 11 is 0. The van der Waals surface area contributed by atoms with Gasteiger partial charge >= 0.3 is 0 Å². The quantitative estimate of drug-likeness (QED) is 0.270. The van der Waals surface area contributed by atoms with E-state index in [9.17, 15) is 0 Å². The number of ether oxygens (including phenoxy) is 2. The third-order valence-corrected chi connectivity index (χ3v) is 2.94. The lowest BCUT2D eigenvalue weighted by Crippen LogP contribution is -2.44. The summed E-state index contributed by atoms with van der Waals surface area (Å²) in [5, 5.41) is 6.61. The van der Waals surface area contributed by atoms with E-state index < -0.39 is 0 Å². The minimum atomic E-state index is 0. The predicted octanol–water partition coefficient (Wildman–Crippen LogP) is 0.528. The van der Waals surface area contributed by atoms with Gasteiger partial charge in [0, 0.05) is 53.0 Å². The van der Waals surface area contributed by atoms with E-state index in [1.807, 2.05) is 0 Å². The third kappa shape index (κ3) is 9.73. The highest BCUT2D eigenvalue weighted by Gasteiger charge is 2.09. The van der Waals surface area contributed by atoms with Gasteiger partial charge < -0.3 is 20.1 Å². The van der Waals surface area contributed by atoms with Gasteiger partial charge in [-0.1, -0.05) is 0 Å². The van der Waals surface area contributed by atoms with E-state index in [4.69, 9.17) is 9.47 Å². The van der Waals surface area contributed by atoms with Crippen molar-refractivity contribution in [2.24, 2.45) is 4.99 Å². The Labute approximate surface area is 139 Å². The van der Waals surface area contributed by atoms with E-state index >= 15 is 0 Å². The van der Waals surface area contributed by atoms with Crippen LogP contribution in [0.25, 0.3) is 0 Å². The van der Waals surface area contributed by atoms with Crippen LogP contribution in [-0.4, -0.2) is 77.1 Å². The molecule has 0 saturated carbocycles. The predicted molar refractivity (Wildman–Crippen MR) is 93.1 cm³/mol. The Morgan fingerprint density at radius 1 is 1.30 bits per heavy atom. The molecule has 2 N–H and O–H groups in total. The molecular weight excluding hydrogens is 371 g/mol. The summed E-state index contributed by atoms with van der Waals surface area (Å²) in [4.78, 5) is 6.91. The molecule has 6 nitrogen and oxygen atoms in total. The van der Waals surface area contributed by atoms with Crippen LogP contribution < -0.4 is 10.6 Å². The van der Waals surface area contributed by atoms with Crippen LogP contribution >= 0.6 is 24.0 Å². The smallest absolute Gasteiger partial charge is 0.191 e. The summed E-state index contributed by atoms with van der Waals surface area (Å²) in [5.74, 6) is 0.895. The number of nitrogens with one attached hydrogen (secondary N) is 2. The Bertz CT molecular complexity index is 249. The van der Waals surface area contributed by atoms with Crippen LogP contribution in [0.4, 0.5) is 0 Å². The fraction of sp³-hybridized carbons (Fsp3) is 0.923. The zero-order valence-corrected chi connectivity index (χ0v) is 15.0. The number of nitrogens with zero attached hydrogens (tertiary/aromatic N) is 2. The lowest BCUT2D eigenvalue weighted by molar-refractivity contribution is 0.0389. The van der Waals surface area contributed by atoms with Crippen LogP contribution in [0.2, 0.25) is 0 Å². The van der Waals surface area contributed by atoms with Crippen molar-refractivity contribution in [1.82, 2.24) is 15.5 Å². The highest BCUT2D eigenvalue weighted by molar-refractivity contribution is 14.0. The Kier molecular flexibility index (Phi) is 13.8. The Hall–Kier alpha value is -0.120. The van der Waals surface area contributed by atoms with Gasteiger partial charge in [-0.2, -0.15) is 0 Å². The molecule has 1 heterocycles. The number of aliphatic imine (C=N–C) groups is 1. The summed E-state index contributed by atoms with van der Waals surface area (Å²) < 4.78 is 10.3. The molecule has 7 heteroatoms. The van der Waals surface area contributed by atoms with Gasteiger partial charge in [-0.05, 0) is 13.3 Å². The first kappa shape index (κ1) is 19.9. The highest BCUT2D eigenvalue weighted by Crippen LogP contribution is 1.94. The molecule has 1 saturated heterocycles. The highest BCUT2D eigenvalue weighted by atomic mass is 127. The lowest BCUT2D eigenvalue weighted by Gasteiger charge is -2.26. The van der Waals surface area contributed by atoms with Crippen LogP contribution in [-0.2, 0) is 9.47 Å². The Morgan fingerprint density at radius 3 is 2.70 bits per heavy atom. The number of methoxy groups -OCH3 is 1. The molecule has 0 aliphatic carbocycles. The standard InChI is InChI=1S/C13H28N4O2.HI/c1-3-14-13(15-5-4-10-18-2)16-6-7-17-8-11-19-12-9-17;/h3-12H2,1-2H3,(H2,14,15,16);1H. The van der Waals surface area contributed by atoms with E-state index in [0.717, 1.165) is 71.5 Å². The maximum absolute atomic E-state index is 5.33. The molecule has 0 amide bonds. The van der Waals surface area contributed by atoms with E-state index in [1.54, 1.807) is 7.11 Å². The number of hydrogen-bond donors (Lipinski definition) is 2. The van der Waals surface area contributed by atoms with Gasteiger partial charge in [-0.25, -0.2) is 0 Å². The van der Waals surface area contributed by atoms with Crippen molar-refractivity contribution in [2.75, 3.05) is 66.2 Å². The minimum absolute atomic E-state index is 0. The average Bonchev–Trinajstić information content (AvgIpc) is 2.44. The Morgan fingerprint density at radius 2 is 2.05 bits per heavy atom. The molecule has 0 aromatic carbocycles. The number of morpholine rings is 1. The van der Waals surface area contributed by atoms with E-state index in [1.165, 1.54) is 0 Å². The number of halogens is 1. The van der Waals surface area contributed by atoms with Gasteiger partial charge in [0.2, 0.25) is 0 Å². The molecule has 0 spiro atoms. The zero-order valence-electron chi connectivity index (χ0n) is 12.7. The van der Waals surface area contributed by atoms with E-state index in [0.29, 0.717) is 0 Å². The van der Waals surface area contributed by atoms with Crippen molar-refractivity contribution in [3.8, 4) is 0 Å². The summed E-state index contributed by atoms with van der Waals surface area (Å²) in [6.07, 6.45) is 0.955. The van der Waals surface area contributed by atoms with Gasteiger partial charge in [-0.15, -0.1) is 24.0 Å². The van der Waals surface area contributed by atoms with Gasteiger partial charge in [0.05, 0.1) is 13.2 Å². The molecule has 20 heavy (non-hydrogen) atoms. The number of rotatable bonds is 8. The molecule has 0 bridgehead atoms. The van der Waals surface area contributed by atoms with Gasteiger partial charge in [0.15, 0.2) is 5.96 Å². The fourth-order valence-electron chi connectivity index (χ4n) is 1.90. The topological polar surface area (TPSA) is 58.1 Å². The molecule has 0 unspecified atom stereocenters. The minimum Gasteiger partial charge on any atom is -0.385 e. The maximum atomic E-state index is 5.33. The van der Waals surface area contributed by atoms with Crippen LogP contribution in [0.5, 0.6) is 0 Å². The monoisotopic (exact) mass is 400 g/mol.